The molecule has 0 spiro atoms. The standard InChI is InChI=1S/C26H33F2N3O4/c1-16(2)19-6-5-7-20(11-19)26(14-31(15-26)25(34)35-4)29-13-24(33)23(30-17(3)32)10-18-8-21(27)12-22(28)9-18/h5-9,11-12,16,23-24,29,33H,10,13-15H2,1-4H3,(H,30,32)/t23-,24+/m1/s1. The molecule has 2 aromatic rings. The molecule has 0 unspecified atom stereocenters. The van der Waals surface area contributed by atoms with E-state index in [1.54, 1.807) is 4.90 Å². The third kappa shape index (κ3) is 6.55. The summed E-state index contributed by atoms with van der Waals surface area (Å²) in [5.74, 6) is -1.51. The molecule has 2 aromatic carbocycles. The first-order chi connectivity index (χ1) is 16.5. The van der Waals surface area contributed by atoms with Crippen LogP contribution < -0.4 is 10.6 Å². The molecule has 9 heteroatoms. The van der Waals surface area contributed by atoms with Crippen molar-refractivity contribution in [2.75, 3.05) is 26.7 Å². The molecule has 1 saturated heterocycles. The minimum absolute atomic E-state index is 0.0429. The Morgan fingerprint density at radius 1 is 1.14 bits per heavy atom. The maximum absolute atomic E-state index is 13.7. The van der Waals surface area contributed by atoms with Crippen LogP contribution >= 0.6 is 0 Å². The SMILES string of the molecule is COC(=O)N1CC(NC[C@H](O)[C@@H](Cc2cc(F)cc(F)c2)NC(C)=O)(c2cccc(C(C)C)c2)C1. The van der Waals surface area contributed by atoms with Gasteiger partial charge in [0, 0.05) is 32.6 Å². The fourth-order valence-electron chi connectivity index (χ4n) is 4.42. The van der Waals surface area contributed by atoms with Crippen LogP contribution in [0.5, 0.6) is 0 Å². The van der Waals surface area contributed by atoms with Crippen LogP contribution in [0.25, 0.3) is 0 Å². The lowest BCUT2D eigenvalue weighted by Gasteiger charge is -2.50. The highest BCUT2D eigenvalue weighted by Crippen LogP contribution is 2.34. The number of benzene rings is 2. The van der Waals surface area contributed by atoms with Crippen LogP contribution in [0.2, 0.25) is 0 Å². The first-order valence-electron chi connectivity index (χ1n) is 11.6. The minimum atomic E-state index is -1.07. The van der Waals surface area contributed by atoms with Gasteiger partial charge < -0.3 is 25.4 Å². The number of methoxy groups -OCH3 is 1. The van der Waals surface area contributed by atoms with Gasteiger partial charge in [-0.25, -0.2) is 13.6 Å². The maximum Gasteiger partial charge on any atom is 0.409 e. The van der Waals surface area contributed by atoms with Gasteiger partial charge in [-0.3, -0.25) is 4.79 Å². The van der Waals surface area contributed by atoms with Gasteiger partial charge in [0.1, 0.15) is 11.6 Å². The lowest BCUT2D eigenvalue weighted by Crippen LogP contribution is -2.69. The molecule has 7 nitrogen and oxygen atoms in total. The number of aliphatic hydroxyl groups excluding tert-OH is 1. The Morgan fingerprint density at radius 3 is 2.37 bits per heavy atom. The van der Waals surface area contributed by atoms with E-state index >= 15 is 0 Å². The zero-order valence-corrected chi connectivity index (χ0v) is 20.5. The zero-order chi connectivity index (χ0) is 25.8. The topological polar surface area (TPSA) is 90.9 Å². The molecule has 0 saturated carbocycles. The third-order valence-corrected chi connectivity index (χ3v) is 6.34. The monoisotopic (exact) mass is 489 g/mol. The van der Waals surface area contributed by atoms with Gasteiger partial charge in [-0.2, -0.15) is 0 Å². The first kappa shape index (κ1) is 26.6. The van der Waals surface area contributed by atoms with E-state index in [1.807, 2.05) is 18.2 Å². The third-order valence-electron chi connectivity index (χ3n) is 6.34. The first-order valence-corrected chi connectivity index (χ1v) is 11.6. The molecular weight excluding hydrogens is 456 g/mol. The Kier molecular flexibility index (Phi) is 8.45. The van der Waals surface area contributed by atoms with E-state index in [0.29, 0.717) is 24.6 Å². The quantitative estimate of drug-likeness (QED) is 0.504. The van der Waals surface area contributed by atoms with Crippen LogP contribution in [0.3, 0.4) is 0 Å². The summed E-state index contributed by atoms with van der Waals surface area (Å²) in [5, 5.41) is 17.0. The summed E-state index contributed by atoms with van der Waals surface area (Å²) in [4.78, 5) is 25.4. The summed E-state index contributed by atoms with van der Waals surface area (Å²) in [5.41, 5.74) is 1.82. The van der Waals surface area contributed by atoms with E-state index in [0.717, 1.165) is 17.2 Å². The normalized spacial score (nSPS) is 16.4. The van der Waals surface area contributed by atoms with Crippen molar-refractivity contribution in [3.05, 3.63) is 70.8 Å². The molecule has 1 aliphatic heterocycles. The predicted molar refractivity (Wildman–Crippen MR) is 128 cm³/mol. The van der Waals surface area contributed by atoms with E-state index in [2.05, 4.69) is 30.5 Å². The molecule has 3 rings (SSSR count). The summed E-state index contributed by atoms with van der Waals surface area (Å²) in [7, 11) is 1.33. The molecule has 0 aliphatic carbocycles. The number of hydrogen-bond donors (Lipinski definition) is 3. The summed E-state index contributed by atoms with van der Waals surface area (Å²) >= 11 is 0. The van der Waals surface area contributed by atoms with Crippen LogP contribution in [-0.2, 0) is 21.5 Å². The van der Waals surface area contributed by atoms with E-state index in [9.17, 15) is 23.5 Å². The van der Waals surface area contributed by atoms with Crippen molar-refractivity contribution in [3.8, 4) is 0 Å². The fraction of sp³-hybridized carbons (Fsp3) is 0.462. The van der Waals surface area contributed by atoms with E-state index in [4.69, 9.17) is 4.74 Å². The Morgan fingerprint density at radius 2 is 1.80 bits per heavy atom. The van der Waals surface area contributed by atoms with Crippen molar-refractivity contribution in [2.45, 2.75) is 50.8 Å². The molecule has 0 aromatic heterocycles. The number of carbonyl (C=O) groups is 2. The molecule has 3 N–H and O–H groups in total. The molecule has 35 heavy (non-hydrogen) atoms. The van der Waals surface area contributed by atoms with Gasteiger partial charge in [0.2, 0.25) is 5.91 Å². The molecule has 190 valence electrons. The van der Waals surface area contributed by atoms with Crippen molar-refractivity contribution in [1.29, 1.82) is 0 Å². The number of amides is 2. The van der Waals surface area contributed by atoms with Gasteiger partial charge in [0.25, 0.3) is 0 Å². The van der Waals surface area contributed by atoms with Gasteiger partial charge in [-0.1, -0.05) is 38.1 Å². The number of hydrogen-bond acceptors (Lipinski definition) is 5. The van der Waals surface area contributed by atoms with Crippen LogP contribution in [0.1, 0.15) is 43.4 Å². The molecule has 2 atom stereocenters. The molecule has 2 amide bonds. The summed E-state index contributed by atoms with van der Waals surface area (Å²) in [6.45, 7) is 6.26. The highest BCUT2D eigenvalue weighted by molar-refractivity contribution is 5.73. The summed E-state index contributed by atoms with van der Waals surface area (Å²) in [6, 6.07) is 10.4. The molecule has 1 heterocycles. The van der Waals surface area contributed by atoms with Gasteiger partial charge >= 0.3 is 6.09 Å². The van der Waals surface area contributed by atoms with E-state index in [1.165, 1.54) is 26.2 Å². The number of carbonyl (C=O) groups excluding carboxylic acids is 2. The summed E-state index contributed by atoms with van der Waals surface area (Å²) in [6.07, 6.45) is -1.46. The molecular formula is C26H33F2N3O4. The van der Waals surface area contributed by atoms with Crippen molar-refractivity contribution in [3.63, 3.8) is 0 Å². The maximum atomic E-state index is 13.7. The predicted octanol–water partition coefficient (Wildman–Crippen LogP) is 3.06. The number of ether oxygens (including phenoxy) is 1. The van der Waals surface area contributed by atoms with E-state index in [-0.39, 0.29) is 18.9 Å². The second-order valence-electron chi connectivity index (χ2n) is 9.43. The van der Waals surface area contributed by atoms with Crippen LogP contribution in [-0.4, -0.2) is 60.9 Å². The zero-order valence-electron chi connectivity index (χ0n) is 20.5. The number of aliphatic hydroxyl groups is 1. The molecule has 0 radical (unpaired) electrons. The number of halogens is 2. The second kappa shape index (κ2) is 11.1. The van der Waals surface area contributed by atoms with Crippen LogP contribution in [0, 0.1) is 11.6 Å². The lowest BCUT2D eigenvalue weighted by atomic mass is 9.80. The van der Waals surface area contributed by atoms with Crippen LogP contribution in [0.15, 0.2) is 42.5 Å². The average molecular weight is 490 g/mol. The van der Waals surface area contributed by atoms with Crippen molar-refractivity contribution in [1.82, 2.24) is 15.5 Å². The van der Waals surface area contributed by atoms with Gasteiger partial charge in [-0.15, -0.1) is 0 Å². The van der Waals surface area contributed by atoms with Crippen molar-refractivity contribution < 1.29 is 28.2 Å². The number of rotatable bonds is 9. The number of likely N-dealkylation sites (tertiary alicyclic amines) is 1. The largest absolute Gasteiger partial charge is 0.453 e. The lowest BCUT2D eigenvalue weighted by molar-refractivity contribution is -0.120. The smallest absolute Gasteiger partial charge is 0.409 e. The Hall–Kier alpha value is -3.04. The van der Waals surface area contributed by atoms with Crippen molar-refractivity contribution in [2.24, 2.45) is 0 Å². The van der Waals surface area contributed by atoms with Gasteiger partial charge in [0.15, 0.2) is 0 Å². The van der Waals surface area contributed by atoms with Gasteiger partial charge in [0.05, 0.1) is 24.8 Å². The Labute approximate surface area is 204 Å². The molecule has 1 fully saturated rings. The number of nitrogens with one attached hydrogen (secondary N) is 2. The second-order valence-corrected chi connectivity index (χ2v) is 9.43. The van der Waals surface area contributed by atoms with E-state index < -0.39 is 35.4 Å². The summed E-state index contributed by atoms with van der Waals surface area (Å²) < 4.78 is 32.2. The highest BCUT2D eigenvalue weighted by Gasteiger charge is 2.47. The Bertz CT molecular complexity index is 1040. The van der Waals surface area contributed by atoms with Crippen LogP contribution in [0.4, 0.5) is 13.6 Å². The molecule has 0 bridgehead atoms. The minimum Gasteiger partial charge on any atom is -0.453 e. The number of nitrogens with zero attached hydrogens (tertiary/aromatic N) is 1. The molecule has 1 aliphatic rings. The van der Waals surface area contributed by atoms with Gasteiger partial charge in [-0.05, 0) is 41.2 Å². The Balaban J connectivity index is 1.79. The fourth-order valence-corrected chi connectivity index (χ4v) is 4.42. The van der Waals surface area contributed by atoms with Crippen molar-refractivity contribution >= 4 is 12.0 Å². The average Bonchev–Trinajstić information content (AvgIpc) is 2.76. The highest BCUT2D eigenvalue weighted by atomic mass is 19.1.